The van der Waals surface area contributed by atoms with Gasteiger partial charge in [-0.15, -0.1) is 0 Å². The molecule has 0 N–H and O–H groups in total. The van der Waals surface area contributed by atoms with Gasteiger partial charge in [0.2, 0.25) is 0 Å². The van der Waals surface area contributed by atoms with E-state index in [0.717, 1.165) is 16.9 Å². The lowest BCUT2D eigenvalue weighted by atomic mass is 10.1. The normalized spacial score (nSPS) is 10.5. The molecule has 2 aromatic carbocycles. The van der Waals surface area contributed by atoms with Gasteiger partial charge in [-0.3, -0.25) is 0 Å². The maximum atomic E-state index is 4.60. The Morgan fingerprint density at radius 2 is 1.56 bits per heavy atom. The number of aromatic nitrogens is 2. The Morgan fingerprint density at radius 3 is 2.28 bits per heavy atom. The Hall–Kier alpha value is -2.35. The minimum atomic E-state index is 0.999. The first-order chi connectivity index (χ1) is 8.83. The van der Waals surface area contributed by atoms with E-state index < -0.39 is 0 Å². The average Bonchev–Trinajstić information content (AvgIpc) is 2.90. The van der Waals surface area contributed by atoms with Gasteiger partial charge in [-0.1, -0.05) is 48.0 Å². The van der Waals surface area contributed by atoms with Crippen molar-refractivity contribution in [2.24, 2.45) is 0 Å². The lowest BCUT2D eigenvalue weighted by Gasteiger charge is -2.00. The van der Waals surface area contributed by atoms with Crippen LogP contribution in [0.3, 0.4) is 0 Å². The molecule has 0 saturated carbocycles. The van der Waals surface area contributed by atoms with E-state index in [2.05, 4.69) is 36.3 Å². The van der Waals surface area contributed by atoms with Crippen LogP contribution in [-0.2, 0) is 0 Å². The molecule has 0 radical (unpaired) electrons. The highest BCUT2D eigenvalue weighted by Crippen LogP contribution is 2.18. The Labute approximate surface area is 107 Å². The Kier molecular flexibility index (Phi) is 2.69. The van der Waals surface area contributed by atoms with Gasteiger partial charge in [0.05, 0.1) is 11.4 Å². The van der Waals surface area contributed by atoms with Gasteiger partial charge in [-0.05, 0) is 25.1 Å². The van der Waals surface area contributed by atoms with Gasteiger partial charge >= 0.3 is 0 Å². The van der Waals surface area contributed by atoms with Crippen LogP contribution < -0.4 is 0 Å². The predicted molar refractivity (Wildman–Crippen MR) is 73.7 cm³/mol. The number of hydrogen-bond acceptors (Lipinski definition) is 1. The van der Waals surface area contributed by atoms with Crippen molar-refractivity contribution in [1.29, 1.82) is 0 Å². The molecule has 0 bridgehead atoms. The van der Waals surface area contributed by atoms with Crippen molar-refractivity contribution in [1.82, 2.24) is 9.78 Å². The van der Waals surface area contributed by atoms with E-state index in [0.29, 0.717) is 0 Å². The van der Waals surface area contributed by atoms with Crippen LogP contribution in [0.15, 0.2) is 66.9 Å². The molecule has 18 heavy (non-hydrogen) atoms. The first kappa shape index (κ1) is 10.8. The SMILES string of the molecule is Cc1ccc(-c2ccn(-c3ccccc3)n2)cc1. The highest BCUT2D eigenvalue weighted by atomic mass is 15.3. The number of nitrogens with zero attached hydrogens (tertiary/aromatic N) is 2. The van der Waals surface area contributed by atoms with Gasteiger partial charge < -0.3 is 0 Å². The molecule has 3 aromatic rings. The zero-order valence-corrected chi connectivity index (χ0v) is 10.2. The summed E-state index contributed by atoms with van der Waals surface area (Å²) in [7, 11) is 0. The molecule has 2 nitrogen and oxygen atoms in total. The molecule has 88 valence electrons. The summed E-state index contributed by atoms with van der Waals surface area (Å²) in [5.74, 6) is 0. The molecule has 0 amide bonds. The molecule has 0 spiro atoms. The van der Waals surface area contributed by atoms with Gasteiger partial charge in [0, 0.05) is 11.8 Å². The fraction of sp³-hybridized carbons (Fsp3) is 0.0625. The van der Waals surface area contributed by atoms with E-state index >= 15 is 0 Å². The second-order valence-corrected chi connectivity index (χ2v) is 4.35. The molecule has 0 aliphatic carbocycles. The van der Waals surface area contributed by atoms with Crippen molar-refractivity contribution in [2.75, 3.05) is 0 Å². The molecule has 0 saturated heterocycles. The van der Waals surface area contributed by atoms with Crippen LogP contribution in [0.5, 0.6) is 0 Å². The largest absolute Gasteiger partial charge is 0.240 e. The van der Waals surface area contributed by atoms with Crippen molar-refractivity contribution in [2.45, 2.75) is 6.92 Å². The maximum absolute atomic E-state index is 4.60. The zero-order valence-electron chi connectivity index (χ0n) is 10.2. The Bertz CT molecular complexity index is 636. The van der Waals surface area contributed by atoms with E-state index in [4.69, 9.17) is 0 Å². The summed E-state index contributed by atoms with van der Waals surface area (Å²) in [6.45, 7) is 2.09. The summed E-state index contributed by atoms with van der Waals surface area (Å²) < 4.78 is 1.90. The molecule has 1 heterocycles. The van der Waals surface area contributed by atoms with E-state index in [-0.39, 0.29) is 0 Å². The molecule has 0 aliphatic heterocycles. The highest BCUT2D eigenvalue weighted by Gasteiger charge is 2.02. The molecule has 0 unspecified atom stereocenters. The van der Waals surface area contributed by atoms with Crippen LogP contribution in [-0.4, -0.2) is 9.78 Å². The van der Waals surface area contributed by atoms with Crippen molar-refractivity contribution in [3.8, 4) is 16.9 Å². The smallest absolute Gasteiger partial charge is 0.0927 e. The monoisotopic (exact) mass is 234 g/mol. The van der Waals surface area contributed by atoms with Gasteiger partial charge in [-0.2, -0.15) is 5.10 Å². The van der Waals surface area contributed by atoms with Crippen LogP contribution in [0.1, 0.15) is 5.56 Å². The molecule has 2 heteroatoms. The van der Waals surface area contributed by atoms with Gasteiger partial charge in [0.1, 0.15) is 0 Å². The van der Waals surface area contributed by atoms with E-state index in [9.17, 15) is 0 Å². The molecule has 0 fully saturated rings. The number of benzene rings is 2. The van der Waals surface area contributed by atoms with E-state index in [1.807, 2.05) is 47.3 Å². The Balaban J connectivity index is 1.97. The minimum absolute atomic E-state index is 0.999. The molecule has 0 aliphatic rings. The standard InChI is InChI=1S/C16H14N2/c1-13-7-9-14(10-8-13)16-11-12-18(17-16)15-5-3-2-4-6-15/h2-12H,1H3. The van der Waals surface area contributed by atoms with Gasteiger partial charge in [0.15, 0.2) is 0 Å². The fourth-order valence-electron chi connectivity index (χ4n) is 1.93. The summed E-state index contributed by atoms with van der Waals surface area (Å²) in [5, 5.41) is 4.60. The number of hydrogen-bond donors (Lipinski definition) is 0. The quantitative estimate of drug-likeness (QED) is 0.658. The Morgan fingerprint density at radius 1 is 0.833 bits per heavy atom. The third kappa shape index (κ3) is 2.05. The highest BCUT2D eigenvalue weighted by molar-refractivity contribution is 5.59. The predicted octanol–water partition coefficient (Wildman–Crippen LogP) is 3.85. The van der Waals surface area contributed by atoms with Crippen molar-refractivity contribution < 1.29 is 0 Å². The van der Waals surface area contributed by atoms with Gasteiger partial charge in [-0.25, -0.2) is 4.68 Å². The third-order valence-corrected chi connectivity index (χ3v) is 2.96. The summed E-state index contributed by atoms with van der Waals surface area (Å²) in [4.78, 5) is 0. The summed E-state index contributed by atoms with van der Waals surface area (Å²) in [6, 6.07) is 20.6. The molecular formula is C16H14N2. The molecule has 3 rings (SSSR count). The third-order valence-electron chi connectivity index (χ3n) is 2.96. The van der Waals surface area contributed by atoms with Gasteiger partial charge in [0.25, 0.3) is 0 Å². The van der Waals surface area contributed by atoms with Crippen molar-refractivity contribution in [3.05, 3.63) is 72.4 Å². The number of para-hydroxylation sites is 1. The van der Waals surface area contributed by atoms with Crippen LogP contribution in [0, 0.1) is 6.92 Å². The van der Waals surface area contributed by atoms with Crippen LogP contribution in [0.25, 0.3) is 16.9 Å². The lowest BCUT2D eigenvalue weighted by molar-refractivity contribution is 0.884. The van der Waals surface area contributed by atoms with E-state index in [1.54, 1.807) is 0 Å². The summed E-state index contributed by atoms with van der Waals surface area (Å²) in [6.07, 6.45) is 1.99. The molecule has 1 aromatic heterocycles. The molecule has 0 atom stereocenters. The van der Waals surface area contributed by atoms with Crippen molar-refractivity contribution in [3.63, 3.8) is 0 Å². The number of rotatable bonds is 2. The van der Waals surface area contributed by atoms with Crippen LogP contribution in [0.4, 0.5) is 0 Å². The fourth-order valence-corrected chi connectivity index (χ4v) is 1.93. The second-order valence-electron chi connectivity index (χ2n) is 4.35. The second kappa shape index (κ2) is 4.49. The summed E-state index contributed by atoms with van der Waals surface area (Å²) in [5.41, 5.74) is 4.49. The van der Waals surface area contributed by atoms with Crippen LogP contribution >= 0.6 is 0 Å². The van der Waals surface area contributed by atoms with E-state index in [1.165, 1.54) is 5.56 Å². The zero-order chi connectivity index (χ0) is 12.4. The average molecular weight is 234 g/mol. The first-order valence-corrected chi connectivity index (χ1v) is 6.01. The lowest BCUT2D eigenvalue weighted by Crippen LogP contribution is -1.93. The minimum Gasteiger partial charge on any atom is -0.240 e. The van der Waals surface area contributed by atoms with Crippen LogP contribution in [0.2, 0.25) is 0 Å². The topological polar surface area (TPSA) is 17.8 Å². The summed E-state index contributed by atoms with van der Waals surface area (Å²) >= 11 is 0. The first-order valence-electron chi connectivity index (χ1n) is 6.01. The maximum Gasteiger partial charge on any atom is 0.0927 e. The molecular weight excluding hydrogens is 220 g/mol. The van der Waals surface area contributed by atoms with Crippen molar-refractivity contribution >= 4 is 0 Å². The number of aryl methyl sites for hydroxylation is 1.